The zero-order valence-electron chi connectivity index (χ0n) is 21.0. The van der Waals surface area contributed by atoms with Gasteiger partial charge in [0.25, 0.3) is 0 Å². The van der Waals surface area contributed by atoms with Crippen LogP contribution in [0.15, 0.2) is 58.8 Å². The molecule has 1 N–H and O–H groups in total. The van der Waals surface area contributed by atoms with Crippen LogP contribution in [0.4, 0.5) is 17.6 Å². The van der Waals surface area contributed by atoms with Gasteiger partial charge in [0.15, 0.2) is 33.6 Å². The molecule has 14 heteroatoms. The minimum absolute atomic E-state index is 0.0410. The molecule has 0 aliphatic heterocycles. The SMILES string of the molecule is Fc1cccc(CSc2nc(Cl)cc(Cl)n2)c1F.O[C@@H]1CCC[C@H]1c1cc(Cl)nc(SCc2cccc(F)c2F)n1. The van der Waals surface area contributed by atoms with Gasteiger partial charge in [-0.05, 0) is 31.0 Å². The fraction of sp³-hybridized carbons (Fsp3) is 0.259. The Balaban J connectivity index is 0.000000195. The number of aliphatic hydroxyl groups is 1. The molecule has 1 aliphatic carbocycles. The van der Waals surface area contributed by atoms with E-state index in [1.54, 1.807) is 6.07 Å². The predicted octanol–water partition coefficient (Wildman–Crippen LogP) is 8.68. The quantitative estimate of drug-likeness (QED) is 0.0918. The molecule has 4 aromatic rings. The number of hydrogen-bond acceptors (Lipinski definition) is 7. The van der Waals surface area contributed by atoms with E-state index < -0.39 is 29.4 Å². The molecule has 2 aromatic heterocycles. The van der Waals surface area contributed by atoms with Gasteiger partial charge >= 0.3 is 0 Å². The average Bonchev–Trinajstić information content (AvgIpc) is 3.36. The second-order valence-corrected chi connectivity index (χ2v) is 11.8. The summed E-state index contributed by atoms with van der Waals surface area (Å²) in [5.74, 6) is -3.10. The van der Waals surface area contributed by atoms with Gasteiger partial charge in [-0.1, -0.05) is 89.0 Å². The largest absolute Gasteiger partial charge is 0.392 e. The molecule has 0 spiro atoms. The maximum absolute atomic E-state index is 13.7. The molecule has 216 valence electrons. The number of aromatic nitrogens is 4. The molecule has 2 heterocycles. The molecule has 41 heavy (non-hydrogen) atoms. The summed E-state index contributed by atoms with van der Waals surface area (Å²) in [5.41, 5.74) is 1.19. The Labute approximate surface area is 257 Å². The summed E-state index contributed by atoms with van der Waals surface area (Å²) in [7, 11) is 0. The number of rotatable bonds is 7. The summed E-state index contributed by atoms with van der Waals surface area (Å²) < 4.78 is 53.2. The van der Waals surface area contributed by atoms with Gasteiger partial charge in [0.05, 0.1) is 11.8 Å². The van der Waals surface area contributed by atoms with Crippen molar-refractivity contribution in [1.82, 2.24) is 19.9 Å². The van der Waals surface area contributed by atoms with Crippen LogP contribution in [0, 0.1) is 23.3 Å². The Hall–Kier alpha value is -2.15. The number of aliphatic hydroxyl groups excluding tert-OH is 1. The van der Waals surface area contributed by atoms with E-state index in [9.17, 15) is 22.7 Å². The van der Waals surface area contributed by atoms with Crippen LogP contribution >= 0.6 is 58.3 Å². The molecule has 0 amide bonds. The van der Waals surface area contributed by atoms with Gasteiger partial charge in [0.1, 0.15) is 15.5 Å². The van der Waals surface area contributed by atoms with Gasteiger partial charge in [-0.15, -0.1) is 0 Å². The fourth-order valence-corrected chi connectivity index (χ4v) is 6.43. The number of halogens is 7. The van der Waals surface area contributed by atoms with Crippen molar-refractivity contribution in [3.63, 3.8) is 0 Å². The first kappa shape index (κ1) is 31.8. The maximum atomic E-state index is 13.7. The second kappa shape index (κ2) is 14.8. The van der Waals surface area contributed by atoms with Crippen molar-refractivity contribution in [2.24, 2.45) is 0 Å². The molecule has 0 unspecified atom stereocenters. The van der Waals surface area contributed by atoms with E-state index in [1.165, 1.54) is 42.1 Å². The number of hydrogen-bond donors (Lipinski definition) is 1. The Bertz CT molecular complexity index is 1500. The van der Waals surface area contributed by atoms with Crippen LogP contribution in [0.1, 0.15) is 42.0 Å². The van der Waals surface area contributed by atoms with Crippen molar-refractivity contribution in [3.05, 3.63) is 104 Å². The van der Waals surface area contributed by atoms with Crippen LogP contribution in [-0.2, 0) is 11.5 Å². The van der Waals surface area contributed by atoms with Crippen molar-refractivity contribution in [1.29, 1.82) is 0 Å². The predicted molar refractivity (Wildman–Crippen MR) is 154 cm³/mol. The summed E-state index contributed by atoms with van der Waals surface area (Å²) in [6.07, 6.45) is 2.14. The van der Waals surface area contributed by atoms with Crippen LogP contribution < -0.4 is 0 Å². The van der Waals surface area contributed by atoms with E-state index in [0.717, 1.165) is 43.2 Å². The molecule has 1 saturated carbocycles. The van der Waals surface area contributed by atoms with Crippen molar-refractivity contribution in [3.8, 4) is 0 Å². The zero-order chi connectivity index (χ0) is 29.5. The molecule has 0 saturated heterocycles. The van der Waals surface area contributed by atoms with E-state index in [4.69, 9.17) is 34.8 Å². The van der Waals surface area contributed by atoms with E-state index >= 15 is 0 Å². The lowest BCUT2D eigenvalue weighted by atomic mass is 10.0. The minimum atomic E-state index is -0.877. The van der Waals surface area contributed by atoms with Crippen LogP contribution in [0.3, 0.4) is 0 Å². The summed E-state index contributed by atoms with van der Waals surface area (Å²) in [6.45, 7) is 0. The average molecular weight is 664 g/mol. The number of benzene rings is 2. The van der Waals surface area contributed by atoms with E-state index in [1.807, 2.05) is 0 Å². The smallest absolute Gasteiger partial charge is 0.190 e. The van der Waals surface area contributed by atoms with Crippen molar-refractivity contribution < 1.29 is 22.7 Å². The molecule has 2 aromatic carbocycles. The molecule has 2 atom stereocenters. The highest BCUT2D eigenvalue weighted by Crippen LogP contribution is 2.35. The topological polar surface area (TPSA) is 71.8 Å². The van der Waals surface area contributed by atoms with E-state index in [-0.39, 0.29) is 44.0 Å². The van der Waals surface area contributed by atoms with Crippen molar-refractivity contribution in [2.45, 2.75) is 53.1 Å². The van der Waals surface area contributed by atoms with Gasteiger partial charge in [0.2, 0.25) is 0 Å². The molecule has 1 fully saturated rings. The Morgan fingerprint density at radius 3 is 1.68 bits per heavy atom. The molecule has 5 rings (SSSR count). The van der Waals surface area contributed by atoms with Crippen LogP contribution in [0.2, 0.25) is 15.5 Å². The summed E-state index contributed by atoms with van der Waals surface area (Å²) in [4.78, 5) is 16.4. The standard InChI is InChI=1S/C16H15ClF2N2OS.C11H6Cl2F2N2S/c17-14-7-12(10-4-2-6-13(10)22)20-16(21-14)23-8-9-3-1-5-11(18)15(9)19;12-8-4-9(13)17-11(16-8)18-5-6-2-1-3-7(14)10(6)15/h1,3,5,7,10,13,22H,2,4,6,8H2;1-4H,5H2/t10-,13+;/m0./s1. The Morgan fingerprint density at radius 2 is 1.20 bits per heavy atom. The summed E-state index contributed by atoms with van der Waals surface area (Å²) in [5, 5.41) is 11.4. The van der Waals surface area contributed by atoms with E-state index in [2.05, 4.69) is 19.9 Å². The molecular weight excluding hydrogens is 643 g/mol. The third-order valence-corrected chi connectivity index (χ3v) is 8.35. The first-order valence-corrected chi connectivity index (χ1v) is 15.2. The van der Waals surface area contributed by atoms with Crippen LogP contribution in [0.5, 0.6) is 0 Å². The first-order valence-electron chi connectivity index (χ1n) is 12.1. The van der Waals surface area contributed by atoms with Crippen LogP contribution in [-0.4, -0.2) is 31.1 Å². The highest BCUT2D eigenvalue weighted by atomic mass is 35.5. The van der Waals surface area contributed by atoms with Gasteiger partial charge in [-0.3, -0.25) is 0 Å². The lowest BCUT2D eigenvalue weighted by Crippen LogP contribution is -2.13. The Kier molecular flexibility index (Phi) is 11.5. The third-order valence-electron chi connectivity index (χ3n) is 5.97. The van der Waals surface area contributed by atoms with Crippen LogP contribution in [0.25, 0.3) is 0 Å². The fourth-order valence-electron chi connectivity index (χ4n) is 3.99. The highest BCUT2D eigenvalue weighted by Gasteiger charge is 2.28. The molecule has 0 radical (unpaired) electrons. The third kappa shape index (κ3) is 8.92. The normalized spacial score (nSPS) is 16.4. The van der Waals surface area contributed by atoms with Gasteiger partial charge in [-0.25, -0.2) is 37.5 Å². The number of nitrogens with zero attached hydrogens (tertiary/aromatic N) is 4. The molecule has 0 bridgehead atoms. The van der Waals surface area contributed by atoms with Crippen molar-refractivity contribution >= 4 is 58.3 Å². The van der Waals surface area contributed by atoms with Gasteiger partial charge in [-0.2, -0.15) is 0 Å². The zero-order valence-corrected chi connectivity index (χ0v) is 24.9. The maximum Gasteiger partial charge on any atom is 0.190 e. The van der Waals surface area contributed by atoms with E-state index in [0.29, 0.717) is 16.0 Å². The minimum Gasteiger partial charge on any atom is -0.392 e. The number of thioether (sulfide) groups is 2. The summed E-state index contributed by atoms with van der Waals surface area (Å²) >= 11 is 19.8. The van der Waals surface area contributed by atoms with Gasteiger partial charge < -0.3 is 5.11 Å². The monoisotopic (exact) mass is 662 g/mol. The van der Waals surface area contributed by atoms with Crippen molar-refractivity contribution in [2.75, 3.05) is 0 Å². The van der Waals surface area contributed by atoms with Gasteiger partial charge in [0, 0.05) is 34.6 Å². The Morgan fingerprint density at radius 1 is 0.707 bits per heavy atom. The highest BCUT2D eigenvalue weighted by molar-refractivity contribution is 7.98. The molecule has 5 nitrogen and oxygen atoms in total. The first-order chi connectivity index (χ1) is 19.6. The molecule has 1 aliphatic rings. The lowest BCUT2D eigenvalue weighted by molar-refractivity contribution is 0.162. The second-order valence-electron chi connectivity index (χ2n) is 8.80. The lowest BCUT2D eigenvalue weighted by Gasteiger charge is -2.14. The molecular formula is C27H21Cl3F4N4OS2. The summed E-state index contributed by atoms with van der Waals surface area (Å²) in [6, 6.07) is 11.1.